The van der Waals surface area contributed by atoms with Crippen molar-refractivity contribution in [2.45, 2.75) is 25.6 Å². The van der Waals surface area contributed by atoms with E-state index in [2.05, 4.69) is 4.98 Å². The molecular weight excluding hydrogens is 294 g/mol. The molecule has 2 rings (SSSR count). The van der Waals surface area contributed by atoms with Gasteiger partial charge in [-0.25, -0.2) is 4.98 Å². The van der Waals surface area contributed by atoms with Crippen molar-refractivity contribution in [1.82, 2.24) is 4.98 Å². The van der Waals surface area contributed by atoms with Gasteiger partial charge in [0, 0.05) is 11.8 Å². The molecule has 0 amide bonds. The summed E-state index contributed by atoms with van der Waals surface area (Å²) < 4.78 is 11.1. The van der Waals surface area contributed by atoms with E-state index in [1.807, 2.05) is 30.5 Å². The number of methoxy groups -OCH3 is 1. The molecule has 1 aromatic heterocycles. The Bertz CT molecular complexity index is 557. The Hall–Kier alpha value is -1.26. The number of halogens is 1. The Morgan fingerprint density at radius 3 is 2.85 bits per heavy atom. The van der Waals surface area contributed by atoms with E-state index in [0.29, 0.717) is 12.5 Å². The first-order chi connectivity index (χ1) is 9.72. The molecule has 108 valence electrons. The van der Waals surface area contributed by atoms with Gasteiger partial charge < -0.3 is 9.47 Å². The number of alkyl halides is 1. The van der Waals surface area contributed by atoms with Crippen LogP contribution in [0.15, 0.2) is 23.6 Å². The summed E-state index contributed by atoms with van der Waals surface area (Å²) in [7, 11) is 1.66. The summed E-state index contributed by atoms with van der Waals surface area (Å²) in [4.78, 5) is 4.42. The van der Waals surface area contributed by atoms with E-state index in [1.54, 1.807) is 18.4 Å². The van der Waals surface area contributed by atoms with Crippen LogP contribution < -0.4 is 9.47 Å². The molecular formula is C15H18ClNO2S. The fourth-order valence-electron chi connectivity index (χ4n) is 1.82. The van der Waals surface area contributed by atoms with Gasteiger partial charge in [0.1, 0.15) is 0 Å². The molecule has 5 heteroatoms. The third kappa shape index (κ3) is 4.12. The van der Waals surface area contributed by atoms with Crippen LogP contribution in [0.4, 0.5) is 0 Å². The smallest absolute Gasteiger partial charge is 0.161 e. The number of ether oxygens (including phenoxy) is 2. The second kappa shape index (κ2) is 7.50. The molecule has 0 unspecified atom stereocenters. The van der Waals surface area contributed by atoms with Crippen LogP contribution in [0.25, 0.3) is 0 Å². The van der Waals surface area contributed by atoms with Crippen LogP contribution in [0.2, 0.25) is 0 Å². The largest absolute Gasteiger partial charge is 0.493 e. The van der Waals surface area contributed by atoms with Crippen molar-refractivity contribution >= 4 is 22.9 Å². The first kappa shape index (κ1) is 15.1. The molecule has 1 heterocycles. The molecule has 0 atom stereocenters. The average molecular weight is 312 g/mol. The Balaban J connectivity index is 1.81. The molecule has 1 aromatic carbocycles. The lowest BCUT2D eigenvalue weighted by Crippen LogP contribution is -2.01. The lowest BCUT2D eigenvalue weighted by Gasteiger charge is -2.10. The number of rotatable bonds is 7. The van der Waals surface area contributed by atoms with Gasteiger partial charge in [-0.05, 0) is 31.0 Å². The van der Waals surface area contributed by atoms with Crippen molar-refractivity contribution < 1.29 is 9.47 Å². The van der Waals surface area contributed by atoms with Crippen LogP contribution >= 0.6 is 22.9 Å². The molecule has 0 N–H and O–H groups in total. The summed E-state index contributed by atoms with van der Waals surface area (Å²) in [6.07, 6.45) is 1.84. The van der Waals surface area contributed by atoms with E-state index in [-0.39, 0.29) is 0 Å². The van der Waals surface area contributed by atoms with Crippen molar-refractivity contribution in [2.75, 3.05) is 13.7 Å². The highest BCUT2D eigenvalue weighted by Gasteiger charge is 2.05. The molecule has 0 radical (unpaired) electrons. The van der Waals surface area contributed by atoms with Gasteiger partial charge in [-0.2, -0.15) is 0 Å². The lowest BCUT2D eigenvalue weighted by molar-refractivity contribution is 0.289. The lowest BCUT2D eigenvalue weighted by atomic mass is 10.2. The molecule has 0 bridgehead atoms. The van der Waals surface area contributed by atoms with Crippen molar-refractivity contribution in [3.63, 3.8) is 0 Å². The minimum Gasteiger partial charge on any atom is -0.493 e. The summed E-state index contributed by atoms with van der Waals surface area (Å²) >= 11 is 7.39. The molecule has 0 aliphatic carbocycles. The molecule has 0 saturated heterocycles. The third-order valence-electron chi connectivity index (χ3n) is 2.85. The SMILES string of the molecule is COc1cc(C)ccc1OCCCc1nc(CCl)cs1. The van der Waals surface area contributed by atoms with Crippen molar-refractivity contribution in [3.05, 3.63) is 39.8 Å². The molecule has 2 aromatic rings. The van der Waals surface area contributed by atoms with Gasteiger partial charge >= 0.3 is 0 Å². The number of thiazole rings is 1. The number of nitrogens with zero attached hydrogens (tertiary/aromatic N) is 1. The highest BCUT2D eigenvalue weighted by Crippen LogP contribution is 2.27. The fourth-order valence-corrected chi connectivity index (χ4v) is 2.89. The van der Waals surface area contributed by atoms with Gasteiger partial charge in [0.05, 0.1) is 30.3 Å². The van der Waals surface area contributed by atoms with E-state index < -0.39 is 0 Å². The molecule has 0 fully saturated rings. The zero-order valence-electron chi connectivity index (χ0n) is 11.7. The maximum Gasteiger partial charge on any atom is 0.161 e. The Labute approximate surface area is 128 Å². The maximum atomic E-state index is 5.76. The monoisotopic (exact) mass is 311 g/mol. The standard InChI is InChI=1S/C15H18ClNO2S/c1-11-5-6-13(14(8-11)18-2)19-7-3-4-15-17-12(9-16)10-20-15/h5-6,8,10H,3-4,7,9H2,1-2H3. The second-order valence-electron chi connectivity index (χ2n) is 4.47. The van der Waals surface area contributed by atoms with Crippen LogP contribution in [0, 0.1) is 6.92 Å². The van der Waals surface area contributed by atoms with Crippen LogP contribution in [-0.2, 0) is 12.3 Å². The predicted octanol–water partition coefficient (Wildman–Crippen LogP) is 4.21. The fraction of sp³-hybridized carbons (Fsp3) is 0.400. The molecule has 0 aliphatic heterocycles. The summed E-state index contributed by atoms with van der Waals surface area (Å²) in [6, 6.07) is 5.94. The summed E-state index contributed by atoms with van der Waals surface area (Å²) in [5.41, 5.74) is 2.11. The summed E-state index contributed by atoms with van der Waals surface area (Å²) in [6.45, 7) is 2.68. The molecule has 0 aliphatic rings. The van der Waals surface area contributed by atoms with Crippen molar-refractivity contribution in [3.8, 4) is 11.5 Å². The number of benzene rings is 1. The zero-order chi connectivity index (χ0) is 14.4. The Kier molecular flexibility index (Phi) is 5.68. The number of aryl methyl sites for hydroxylation is 2. The zero-order valence-corrected chi connectivity index (χ0v) is 13.3. The minimum absolute atomic E-state index is 0.480. The average Bonchev–Trinajstić information content (AvgIpc) is 2.92. The van der Waals surface area contributed by atoms with Gasteiger partial charge in [0.25, 0.3) is 0 Å². The topological polar surface area (TPSA) is 31.4 Å². The van der Waals surface area contributed by atoms with Gasteiger partial charge in [-0.3, -0.25) is 0 Å². The summed E-state index contributed by atoms with van der Waals surface area (Å²) in [5, 5.41) is 3.12. The minimum atomic E-state index is 0.480. The highest BCUT2D eigenvalue weighted by molar-refractivity contribution is 7.09. The Morgan fingerprint density at radius 1 is 1.30 bits per heavy atom. The number of aromatic nitrogens is 1. The first-order valence-corrected chi connectivity index (χ1v) is 7.91. The van der Waals surface area contributed by atoms with Crippen LogP contribution in [0.3, 0.4) is 0 Å². The van der Waals surface area contributed by atoms with Gasteiger partial charge in [0.15, 0.2) is 11.5 Å². The van der Waals surface area contributed by atoms with Gasteiger partial charge in [-0.15, -0.1) is 22.9 Å². The first-order valence-electron chi connectivity index (χ1n) is 6.49. The second-order valence-corrected chi connectivity index (χ2v) is 5.68. The van der Waals surface area contributed by atoms with E-state index in [0.717, 1.165) is 40.6 Å². The maximum absolute atomic E-state index is 5.76. The Morgan fingerprint density at radius 2 is 2.15 bits per heavy atom. The van der Waals surface area contributed by atoms with Gasteiger partial charge in [0.2, 0.25) is 0 Å². The third-order valence-corrected chi connectivity index (χ3v) is 4.08. The van der Waals surface area contributed by atoms with Crippen LogP contribution in [0.5, 0.6) is 11.5 Å². The molecule has 20 heavy (non-hydrogen) atoms. The van der Waals surface area contributed by atoms with Gasteiger partial charge in [-0.1, -0.05) is 6.07 Å². The van der Waals surface area contributed by atoms with E-state index >= 15 is 0 Å². The van der Waals surface area contributed by atoms with Crippen molar-refractivity contribution in [2.24, 2.45) is 0 Å². The van der Waals surface area contributed by atoms with Crippen LogP contribution in [-0.4, -0.2) is 18.7 Å². The molecule has 0 spiro atoms. The molecule has 3 nitrogen and oxygen atoms in total. The summed E-state index contributed by atoms with van der Waals surface area (Å²) in [5.74, 6) is 2.05. The normalized spacial score (nSPS) is 10.6. The highest BCUT2D eigenvalue weighted by atomic mass is 35.5. The van der Waals surface area contributed by atoms with Crippen LogP contribution in [0.1, 0.15) is 22.7 Å². The van der Waals surface area contributed by atoms with E-state index in [9.17, 15) is 0 Å². The van der Waals surface area contributed by atoms with E-state index in [1.165, 1.54) is 0 Å². The molecule has 0 saturated carbocycles. The number of hydrogen-bond acceptors (Lipinski definition) is 4. The predicted molar refractivity (Wildman–Crippen MR) is 83.2 cm³/mol. The quantitative estimate of drug-likeness (QED) is 0.567. The van der Waals surface area contributed by atoms with Crippen molar-refractivity contribution in [1.29, 1.82) is 0 Å². The van der Waals surface area contributed by atoms with E-state index in [4.69, 9.17) is 21.1 Å². The number of hydrogen-bond donors (Lipinski definition) is 0.